The Morgan fingerprint density at radius 3 is 1.79 bits per heavy atom. The summed E-state index contributed by atoms with van der Waals surface area (Å²) in [5, 5.41) is 3.37. The smallest absolute Gasteiger partial charge is 0.123 e. The molecule has 1 unspecified atom stereocenters. The second-order valence-electron chi connectivity index (χ2n) is 6.53. The van der Waals surface area contributed by atoms with E-state index in [9.17, 15) is 8.78 Å². The summed E-state index contributed by atoms with van der Waals surface area (Å²) in [6.07, 6.45) is 0.928. The SMILES string of the molecule is CC(CC(c1ccc(F)cc1)c1ccc(F)cc1)N1CCNCC1. The van der Waals surface area contributed by atoms with E-state index in [1.54, 1.807) is 0 Å². The van der Waals surface area contributed by atoms with E-state index in [0.29, 0.717) is 6.04 Å². The van der Waals surface area contributed by atoms with Crippen LogP contribution < -0.4 is 5.32 Å². The highest BCUT2D eigenvalue weighted by molar-refractivity contribution is 5.33. The van der Waals surface area contributed by atoms with Crippen molar-refractivity contribution in [1.82, 2.24) is 10.2 Å². The maximum Gasteiger partial charge on any atom is 0.123 e. The third kappa shape index (κ3) is 4.19. The van der Waals surface area contributed by atoms with Gasteiger partial charge in [0.25, 0.3) is 0 Å². The van der Waals surface area contributed by atoms with Gasteiger partial charge in [0.1, 0.15) is 11.6 Å². The first kappa shape index (κ1) is 17.1. The maximum absolute atomic E-state index is 13.3. The topological polar surface area (TPSA) is 15.3 Å². The minimum absolute atomic E-state index is 0.135. The standard InChI is InChI=1S/C20H24F2N2/c1-15(24-12-10-23-11-13-24)14-20(16-2-6-18(21)7-3-16)17-4-8-19(22)9-5-17/h2-9,15,20,23H,10-14H2,1H3. The van der Waals surface area contributed by atoms with Crippen molar-refractivity contribution in [3.8, 4) is 0 Å². The van der Waals surface area contributed by atoms with Gasteiger partial charge in [-0.3, -0.25) is 4.90 Å². The number of nitrogens with zero attached hydrogens (tertiary/aromatic N) is 1. The van der Waals surface area contributed by atoms with E-state index in [4.69, 9.17) is 0 Å². The van der Waals surface area contributed by atoms with E-state index in [-0.39, 0.29) is 17.6 Å². The second-order valence-corrected chi connectivity index (χ2v) is 6.53. The molecule has 2 aromatic carbocycles. The van der Waals surface area contributed by atoms with Gasteiger partial charge in [0.05, 0.1) is 0 Å². The van der Waals surface area contributed by atoms with Gasteiger partial charge in [0.2, 0.25) is 0 Å². The molecule has 0 bridgehead atoms. The molecule has 0 aromatic heterocycles. The van der Waals surface area contributed by atoms with Crippen LogP contribution in [0, 0.1) is 11.6 Å². The molecule has 4 heteroatoms. The molecular weight excluding hydrogens is 306 g/mol. The van der Waals surface area contributed by atoms with Crippen LogP contribution in [-0.2, 0) is 0 Å². The van der Waals surface area contributed by atoms with Crippen LogP contribution in [-0.4, -0.2) is 37.1 Å². The Bertz CT molecular complexity index is 588. The van der Waals surface area contributed by atoms with Crippen LogP contribution in [0.25, 0.3) is 0 Å². The number of hydrogen-bond donors (Lipinski definition) is 1. The molecule has 0 radical (unpaired) electrons. The summed E-state index contributed by atoms with van der Waals surface area (Å²) in [4.78, 5) is 2.48. The first-order chi connectivity index (χ1) is 11.6. The summed E-state index contributed by atoms with van der Waals surface area (Å²) < 4.78 is 26.6. The summed E-state index contributed by atoms with van der Waals surface area (Å²) >= 11 is 0. The lowest BCUT2D eigenvalue weighted by Crippen LogP contribution is -2.47. The minimum atomic E-state index is -0.230. The molecule has 3 rings (SSSR count). The van der Waals surface area contributed by atoms with Crippen molar-refractivity contribution in [2.24, 2.45) is 0 Å². The predicted octanol–water partition coefficient (Wildman–Crippen LogP) is 3.78. The summed E-state index contributed by atoms with van der Waals surface area (Å²) in [6.45, 7) is 6.36. The maximum atomic E-state index is 13.3. The van der Waals surface area contributed by atoms with Crippen LogP contribution in [0.2, 0.25) is 0 Å². The molecule has 128 valence electrons. The second kappa shape index (κ2) is 7.86. The van der Waals surface area contributed by atoms with Gasteiger partial charge in [-0.15, -0.1) is 0 Å². The molecule has 0 aliphatic carbocycles. The zero-order chi connectivity index (χ0) is 16.9. The lowest BCUT2D eigenvalue weighted by molar-refractivity contribution is 0.173. The molecule has 1 saturated heterocycles. The van der Waals surface area contributed by atoms with Gasteiger partial charge in [-0.1, -0.05) is 24.3 Å². The Labute approximate surface area is 142 Å². The molecule has 24 heavy (non-hydrogen) atoms. The van der Waals surface area contributed by atoms with Crippen molar-refractivity contribution in [2.75, 3.05) is 26.2 Å². The average molecular weight is 330 g/mol. The van der Waals surface area contributed by atoms with Crippen molar-refractivity contribution in [3.05, 3.63) is 71.3 Å². The molecule has 1 fully saturated rings. The van der Waals surface area contributed by atoms with Gasteiger partial charge in [0.15, 0.2) is 0 Å². The van der Waals surface area contributed by atoms with Crippen LogP contribution in [0.1, 0.15) is 30.4 Å². The molecule has 0 saturated carbocycles. The van der Waals surface area contributed by atoms with Crippen LogP contribution in [0.5, 0.6) is 0 Å². The number of nitrogens with one attached hydrogen (secondary N) is 1. The molecule has 1 N–H and O–H groups in total. The Balaban J connectivity index is 1.83. The third-order valence-corrected chi connectivity index (χ3v) is 4.90. The first-order valence-electron chi connectivity index (χ1n) is 8.59. The van der Waals surface area contributed by atoms with Crippen LogP contribution in [0.4, 0.5) is 8.78 Å². The fourth-order valence-corrected chi connectivity index (χ4v) is 3.47. The van der Waals surface area contributed by atoms with E-state index in [1.807, 2.05) is 24.3 Å². The summed E-state index contributed by atoms with van der Waals surface area (Å²) in [5.41, 5.74) is 2.15. The summed E-state index contributed by atoms with van der Waals surface area (Å²) in [5.74, 6) is -0.324. The van der Waals surface area contributed by atoms with E-state index in [2.05, 4.69) is 17.1 Å². The molecule has 2 nitrogen and oxygen atoms in total. The van der Waals surface area contributed by atoms with Crippen molar-refractivity contribution in [2.45, 2.75) is 25.3 Å². The quantitative estimate of drug-likeness (QED) is 0.897. The van der Waals surface area contributed by atoms with Crippen LogP contribution in [0.15, 0.2) is 48.5 Å². The largest absolute Gasteiger partial charge is 0.314 e. The molecule has 1 heterocycles. The Hall–Kier alpha value is -1.78. The Kier molecular flexibility index (Phi) is 5.59. The van der Waals surface area contributed by atoms with Gasteiger partial charge < -0.3 is 5.32 Å². The van der Waals surface area contributed by atoms with E-state index in [1.165, 1.54) is 24.3 Å². The fraction of sp³-hybridized carbons (Fsp3) is 0.400. The highest BCUT2D eigenvalue weighted by Crippen LogP contribution is 2.31. The lowest BCUT2D eigenvalue weighted by Gasteiger charge is -2.35. The Morgan fingerprint density at radius 2 is 1.33 bits per heavy atom. The number of benzene rings is 2. The van der Waals surface area contributed by atoms with E-state index >= 15 is 0 Å². The molecule has 0 spiro atoms. The molecular formula is C20H24F2N2. The first-order valence-corrected chi connectivity index (χ1v) is 8.59. The normalized spacial score (nSPS) is 17.2. The number of rotatable bonds is 5. The predicted molar refractivity (Wildman–Crippen MR) is 93.2 cm³/mol. The van der Waals surface area contributed by atoms with Crippen molar-refractivity contribution in [1.29, 1.82) is 0 Å². The summed E-state index contributed by atoms with van der Waals surface area (Å²) in [7, 11) is 0. The average Bonchev–Trinajstić information content (AvgIpc) is 2.62. The molecule has 2 aromatic rings. The molecule has 1 aliphatic rings. The van der Waals surface area contributed by atoms with E-state index < -0.39 is 0 Å². The highest BCUT2D eigenvalue weighted by Gasteiger charge is 2.23. The number of hydrogen-bond acceptors (Lipinski definition) is 2. The van der Waals surface area contributed by atoms with Gasteiger partial charge in [0, 0.05) is 38.1 Å². The zero-order valence-corrected chi connectivity index (χ0v) is 14.0. The number of piperazine rings is 1. The van der Waals surface area contributed by atoms with Crippen LogP contribution >= 0.6 is 0 Å². The van der Waals surface area contributed by atoms with Gasteiger partial charge in [-0.05, 0) is 48.7 Å². The molecule has 1 atom stereocenters. The van der Waals surface area contributed by atoms with Crippen LogP contribution in [0.3, 0.4) is 0 Å². The lowest BCUT2D eigenvalue weighted by atomic mass is 9.86. The van der Waals surface area contributed by atoms with Crippen molar-refractivity contribution < 1.29 is 8.78 Å². The monoisotopic (exact) mass is 330 g/mol. The van der Waals surface area contributed by atoms with Crippen molar-refractivity contribution >= 4 is 0 Å². The van der Waals surface area contributed by atoms with Gasteiger partial charge in [-0.25, -0.2) is 8.78 Å². The van der Waals surface area contributed by atoms with Gasteiger partial charge in [-0.2, -0.15) is 0 Å². The van der Waals surface area contributed by atoms with E-state index in [0.717, 1.165) is 43.7 Å². The summed E-state index contributed by atoms with van der Waals surface area (Å²) in [6, 6.07) is 13.8. The van der Waals surface area contributed by atoms with Gasteiger partial charge >= 0.3 is 0 Å². The number of halogens is 2. The van der Waals surface area contributed by atoms with Crippen molar-refractivity contribution in [3.63, 3.8) is 0 Å². The third-order valence-electron chi connectivity index (χ3n) is 4.90. The minimum Gasteiger partial charge on any atom is -0.314 e. The molecule has 0 amide bonds. The molecule has 1 aliphatic heterocycles. The zero-order valence-electron chi connectivity index (χ0n) is 14.0. The Morgan fingerprint density at radius 1 is 0.875 bits per heavy atom. The highest BCUT2D eigenvalue weighted by atomic mass is 19.1. The fourth-order valence-electron chi connectivity index (χ4n) is 3.47.